The van der Waals surface area contributed by atoms with Crippen molar-refractivity contribution in [3.8, 4) is 0 Å². The first-order valence-electron chi connectivity index (χ1n) is 9.03. The summed E-state index contributed by atoms with van der Waals surface area (Å²) in [7, 11) is 1.85. The number of hydrogen-bond acceptors (Lipinski definition) is 2. The van der Waals surface area contributed by atoms with Crippen molar-refractivity contribution < 1.29 is 4.74 Å². The number of methoxy groups -OCH3 is 1. The molecular weight excluding hydrogens is 270 g/mol. The van der Waals surface area contributed by atoms with E-state index in [2.05, 4.69) is 67.2 Å². The first-order valence-corrected chi connectivity index (χ1v) is 9.03. The molecule has 1 aliphatic heterocycles. The topological polar surface area (TPSA) is 12.5 Å². The van der Waals surface area contributed by atoms with Crippen molar-refractivity contribution in [1.29, 1.82) is 0 Å². The van der Waals surface area contributed by atoms with E-state index in [4.69, 9.17) is 4.74 Å². The standard InChI is InChI=1S/C20H41NO/c1-17(2,3)15-18(4,5)21-13-11-16(12-14-21)19(6,7)20(8,9)22-10/h16H,11-15H2,1-10H3. The monoisotopic (exact) mass is 311 g/mol. The van der Waals surface area contributed by atoms with Gasteiger partial charge in [0.15, 0.2) is 0 Å². The average molecular weight is 312 g/mol. The van der Waals surface area contributed by atoms with E-state index in [9.17, 15) is 0 Å². The van der Waals surface area contributed by atoms with Gasteiger partial charge in [-0.3, -0.25) is 4.90 Å². The summed E-state index contributed by atoms with van der Waals surface area (Å²) in [5, 5.41) is 0. The Morgan fingerprint density at radius 3 is 1.68 bits per heavy atom. The third-order valence-corrected chi connectivity index (χ3v) is 6.40. The second-order valence-electron chi connectivity index (χ2n) is 10.2. The summed E-state index contributed by atoms with van der Waals surface area (Å²) >= 11 is 0. The Balaban J connectivity index is 2.71. The van der Waals surface area contributed by atoms with Gasteiger partial charge in [-0.1, -0.05) is 34.6 Å². The van der Waals surface area contributed by atoms with Gasteiger partial charge >= 0.3 is 0 Å². The fraction of sp³-hybridized carbons (Fsp3) is 1.00. The van der Waals surface area contributed by atoms with Crippen LogP contribution < -0.4 is 0 Å². The molecule has 0 unspecified atom stereocenters. The maximum Gasteiger partial charge on any atom is 0.0676 e. The van der Waals surface area contributed by atoms with Crippen molar-refractivity contribution >= 4 is 0 Å². The van der Waals surface area contributed by atoms with E-state index in [0.717, 1.165) is 5.92 Å². The maximum atomic E-state index is 5.80. The van der Waals surface area contributed by atoms with Crippen LogP contribution in [0.2, 0.25) is 0 Å². The van der Waals surface area contributed by atoms with Crippen LogP contribution in [0.4, 0.5) is 0 Å². The number of hydrogen-bond donors (Lipinski definition) is 0. The molecular formula is C20H41NO. The molecule has 1 saturated heterocycles. The summed E-state index contributed by atoms with van der Waals surface area (Å²) in [4.78, 5) is 2.71. The van der Waals surface area contributed by atoms with E-state index >= 15 is 0 Å². The highest BCUT2D eigenvalue weighted by Gasteiger charge is 2.45. The van der Waals surface area contributed by atoms with Crippen LogP contribution in [0, 0.1) is 16.7 Å². The summed E-state index contributed by atoms with van der Waals surface area (Å²) in [6.45, 7) is 23.6. The molecule has 0 atom stereocenters. The van der Waals surface area contributed by atoms with Gasteiger partial charge in [0, 0.05) is 12.6 Å². The lowest BCUT2D eigenvalue weighted by atomic mass is 9.64. The molecule has 0 aromatic carbocycles. The zero-order valence-electron chi connectivity index (χ0n) is 17.0. The Labute approximate surface area is 140 Å². The van der Waals surface area contributed by atoms with Crippen LogP contribution in [0.15, 0.2) is 0 Å². The first kappa shape index (κ1) is 20.0. The smallest absolute Gasteiger partial charge is 0.0676 e. The van der Waals surface area contributed by atoms with Crippen LogP contribution in [-0.4, -0.2) is 36.2 Å². The van der Waals surface area contributed by atoms with Crippen molar-refractivity contribution in [2.24, 2.45) is 16.7 Å². The van der Waals surface area contributed by atoms with Crippen LogP contribution >= 0.6 is 0 Å². The lowest BCUT2D eigenvalue weighted by Gasteiger charge is -2.52. The molecule has 1 rings (SSSR count). The second kappa shape index (κ2) is 6.43. The summed E-state index contributed by atoms with van der Waals surface area (Å²) in [6, 6.07) is 0. The highest BCUT2D eigenvalue weighted by molar-refractivity contribution is 4.97. The molecule has 22 heavy (non-hydrogen) atoms. The number of nitrogens with zero attached hydrogens (tertiary/aromatic N) is 1. The molecule has 0 aromatic heterocycles. The van der Waals surface area contributed by atoms with Crippen molar-refractivity contribution in [3.63, 3.8) is 0 Å². The maximum absolute atomic E-state index is 5.80. The van der Waals surface area contributed by atoms with Crippen molar-refractivity contribution in [2.45, 2.75) is 92.7 Å². The summed E-state index contributed by atoms with van der Waals surface area (Å²) in [5.74, 6) is 0.740. The highest BCUT2D eigenvalue weighted by atomic mass is 16.5. The highest BCUT2D eigenvalue weighted by Crippen LogP contribution is 2.46. The van der Waals surface area contributed by atoms with Crippen molar-refractivity contribution in [1.82, 2.24) is 4.90 Å². The Morgan fingerprint density at radius 1 is 0.864 bits per heavy atom. The number of likely N-dealkylation sites (tertiary alicyclic amines) is 1. The lowest BCUT2D eigenvalue weighted by Crippen LogP contribution is -2.54. The van der Waals surface area contributed by atoms with E-state index < -0.39 is 0 Å². The molecule has 0 spiro atoms. The normalized spacial score (nSPS) is 20.5. The van der Waals surface area contributed by atoms with Crippen LogP contribution in [0.25, 0.3) is 0 Å². The van der Waals surface area contributed by atoms with Crippen molar-refractivity contribution in [3.05, 3.63) is 0 Å². The van der Waals surface area contributed by atoms with Crippen LogP contribution in [-0.2, 0) is 4.74 Å². The molecule has 1 aliphatic rings. The molecule has 0 aromatic rings. The van der Waals surface area contributed by atoms with Gasteiger partial charge in [-0.15, -0.1) is 0 Å². The fourth-order valence-electron chi connectivity index (χ4n) is 4.37. The molecule has 0 radical (unpaired) electrons. The van der Waals surface area contributed by atoms with Gasteiger partial charge in [0.1, 0.15) is 0 Å². The Morgan fingerprint density at radius 2 is 1.32 bits per heavy atom. The van der Waals surface area contributed by atoms with Crippen LogP contribution in [0.5, 0.6) is 0 Å². The second-order valence-corrected chi connectivity index (χ2v) is 10.2. The molecule has 1 heterocycles. The van der Waals surface area contributed by atoms with E-state index in [0.29, 0.717) is 11.0 Å². The Bertz CT molecular complexity index is 354. The molecule has 0 saturated carbocycles. The average Bonchev–Trinajstić information content (AvgIpc) is 2.36. The van der Waals surface area contributed by atoms with Gasteiger partial charge < -0.3 is 4.74 Å². The predicted octanol–water partition coefficient (Wildman–Crippen LogP) is 5.36. The first-order chi connectivity index (χ1) is 9.73. The van der Waals surface area contributed by atoms with Crippen LogP contribution in [0.3, 0.4) is 0 Å². The molecule has 0 N–H and O–H groups in total. The molecule has 1 fully saturated rings. The minimum Gasteiger partial charge on any atom is -0.378 e. The lowest BCUT2D eigenvalue weighted by molar-refractivity contribution is -0.113. The third-order valence-electron chi connectivity index (χ3n) is 6.40. The number of rotatable bonds is 5. The van der Waals surface area contributed by atoms with E-state index in [-0.39, 0.29) is 11.0 Å². The summed E-state index contributed by atoms with van der Waals surface area (Å²) < 4.78 is 5.80. The molecule has 0 amide bonds. The zero-order valence-corrected chi connectivity index (χ0v) is 17.0. The van der Waals surface area contributed by atoms with Crippen molar-refractivity contribution in [2.75, 3.05) is 20.2 Å². The van der Waals surface area contributed by atoms with Gasteiger partial charge in [0.2, 0.25) is 0 Å². The van der Waals surface area contributed by atoms with Gasteiger partial charge in [0.25, 0.3) is 0 Å². The molecule has 132 valence electrons. The summed E-state index contributed by atoms with van der Waals surface area (Å²) in [5.41, 5.74) is 0.824. The minimum atomic E-state index is -0.0687. The minimum absolute atomic E-state index is 0.0687. The third kappa shape index (κ3) is 4.47. The quantitative estimate of drug-likeness (QED) is 0.677. The molecule has 0 bridgehead atoms. The van der Waals surface area contributed by atoms with Gasteiger partial charge in [-0.25, -0.2) is 0 Å². The van der Waals surface area contributed by atoms with E-state index in [1.165, 1.54) is 32.4 Å². The van der Waals surface area contributed by atoms with Gasteiger partial charge in [0.05, 0.1) is 5.60 Å². The van der Waals surface area contributed by atoms with Gasteiger partial charge in [-0.05, 0) is 76.8 Å². The number of piperidine rings is 1. The van der Waals surface area contributed by atoms with Crippen LogP contribution in [0.1, 0.15) is 81.6 Å². The number of ether oxygens (including phenoxy) is 1. The molecule has 2 heteroatoms. The van der Waals surface area contributed by atoms with Gasteiger partial charge in [-0.2, -0.15) is 0 Å². The largest absolute Gasteiger partial charge is 0.378 e. The molecule has 0 aliphatic carbocycles. The molecule has 2 nitrogen and oxygen atoms in total. The fourth-order valence-corrected chi connectivity index (χ4v) is 4.37. The Kier molecular flexibility index (Phi) is 5.84. The SMILES string of the molecule is COC(C)(C)C(C)(C)C1CCN(C(C)(C)CC(C)(C)C)CC1. The summed E-state index contributed by atoms with van der Waals surface area (Å²) in [6.07, 6.45) is 3.82. The van der Waals surface area contributed by atoms with E-state index in [1.807, 2.05) is 7.11 Å². The van der Waals surface area contributed by atoms with E-state index in [1.54, 1.807) is 0 Å². The predicted molar refractivity (Wildman–Crippen MR) is 97.3 cm³/mol. The Hall–Kier alpha value is -0.0800. The zero-order chi connectivity index (χ0) is 17.4.